The van der Waals surface area contributed by atoms with Gasteiger partial charge in [-0.3, -0.25) is 0 Å². The van der Waals surface area contributed by atoms with Crippen molar-refractivity contribution in [2.24, 2.45) is 0 Å². The van der Waals surface area contributed by atoms with Crippen LogP contribution in [-0.4, -0.2) is 24.8 Å². The van der Waals surface area contributed by atoms with Crippen LogP contribution >= 0.6 is 0 Å². The van der Waals surface area contributed by atoms with Gasteiger partial charge in [-0.15, -0.1) is 0 Å². The van der Waals surface area contributed by atoms with E-state index >= 15 is 0 Å². The smallest absolute Gasteiger partial charge is 0.229 e. The molecule has 1 nitrogen and oxygen atoms in total. The van der Waals surface area contributed by atoms with E-state index in [1.807, 2.05) is 0 Å². The maximum Gasteiger partial charge on any atom is 0.229 e. The van der Waals surface area contributed by atoms with Gasteiger partial charge in [0.05, 0.1) is 0 Å². The largest absolute Gasteiger partial charge is 0.417 e. The normalized spacial score (nSPS) is 20.6. The summed E-state index contributed by atoms with van der Waals surface area (Å²) in [7, 11) is 0.802. The zero-order valence-corrected chi connectivity index (χ0v) is 5.31. The van der Waals surface area contributed by atoms with Crippen molar-refractivity contribution in [2.45, 2.75) is 18.9 Å². The van der Waals surface area contributed by atoms with Gasteiger partial charge in [0.1, 0.15) is 0 Å². The molecule has 37 valence electrons. The van der Waals surface area contributed by atoms with Crippen molar-refractivity contribution < 1.29 is 4.43 Å². The molecule has 0 amide bonds. The van der Waals surface area contributed by atoms with E-state index in [4.69, 9.17) is 4.43 Å². The molecule has 0 aromatic heterocycles. The van der Waals surface area contributed by atoms with Gasteiger partial charge in [-0.05, 0) is 12.5 Å². The second-order valence-electron chi connectivity index (χ2n) is 1.45. The highest BCUT2D eigenvalue weighted by atomic mass is 28.2. The molecule has 0 N–H and O–H groups in total. The quantitative estimate of drug-likeness (QED) is 0.412. The summed E-state index contributed by atoms with van der Waals surface area (Å²) in [6.07, 6.45) is 2.67. The van der Waals surface area contributed by atoms with E-state index in [2.05, 4.69) is 0 Å². The van der Waals surface area contributed by atoms with Crippen LogP contribution in [0.25, 0.3) is 0 Å². The van der Waals surface area contributed by atoms with Gasteiger partial charge in [0.2, 0.25) is 9.76 Å². The Hall–Kier alpha value is 0.242. The molecule has 0 spiro atoms. The van der Waals surface area contributed by atoms with E-state index in [9.17, 15) is 0 Å². The first-order valence-electron chi connectivity index (χ1n) is 2.35. The Morgan fingerprint density at radius 1 is 1.29 bits per heavy atom. The molecule has 1 aliphatic rings. The first-order valence-corrected chi connectivity index (χ1v) is 3.46. The van der Waals surface area contributed by atoms with Crippen LogP contribution in [0, 0.1) is 0 Å². The zero-order chi connectivity index (χ0) is 4.24. The molecule has 1 aliphatic heterocycles. The van der Waals surface area contributed by atoms with E-state index in [-0.39, 0.29) is 8.41 Å². The molecule has 7 heavy (non-hydrogen) atoms. The third-order valence-electron chi connectivity index (χ3n) is 0.877. The Morgan fingerprint density at radius 2 is 2.14 bits per heavy atom. The lowest BCUT2D eigenvalue weighted by atomic mass is 10.4. The molecule has 3 heteroatoms. The fourth-order valence-corrected chi connectivity index (χ4v) is 1.34. The summed E-state index contributed by atoms with van der Waals surface area (Å²) in [4.78, 5) is 0. The van der Waals surface area contributed by atoms with Crippen molar-refractivity contribution in [3.63, 3.8) is 0 Å². The minimum Gasteiger partial charge on any atom is -0.417 e. The molecule has 1 saturated heterocycles. The van der Waals surface area contributed by atoms with Crippen LogP contribution < -0.4 is 0 Å². The summed E-state index contributed by atoms with van der Waals surface area (Å²) >= 11 is 0. The van der Waals surface area contributed by atoms with Gasteiger partial charge in [0, 0.05) is 15.0 Å². The van der Waals surface area contributed by atoms with Gasteiger partial charge in [-0.2, -0.15) is 0 Å². The molecule has 1 fully saturated rings. The summed E-state index contributed by atoms with van der Waals surface area (Å²) < 4.78 is 5.10. The average molecular weight is 111 g/mol. The number of hydrogen-bond acceptors (Lipinski definition) is 1. The molecule has 0 aromatic rings. The van der Waals surface area contributed by atoms with Crippen molar-refractivity contribution >= 4 is 18.2 Å². The van der Waals surface area contributed by atoms with Crippen molar-refractivity contribution in [2.75, 3.05) is 6.61 Å². The van der Waals surface area contributed by atoms with E-state index in [1.165, 1.54) is 18.9 Å². The average Bonchev–Trinajstić information content (AvgIpc) is 1.72. The van der Waals surface area contributed by atoms with Crippen LogP contribution in [0.3, 0.4) is 0 Å². The maximum atomic E-state index is 5.10. The summed E-state index contributed by atoms with van der Waals surface area (Å²) in [6, 6.07) is 1.31. The Kier molecular flexibility index (Phi) is 4.55. The molecule has 1 rings (SSSR count). The highest BCUT2D eigenvalue weighted by Gasteiger charge is 1.97. The molecule has 0 atom stereocenters. The molecule has 0 bridgehead atoms. The van der Waals surface area contributed by atoms with Crippen LogP contribution in [0.2, 0.25) is 6.04 Å². The lowest BCUT2D eigenvalue weighted by Gasteiger charge is -2.06. The third kappa shape index (κ3) is 2.88. The van der Waals surface area contributed by atoms with Crippen LogP contribution in [-0.2, 0) is 4.43 Å². The van der Waals surface area contributed by atoms with E-state index in [0.717, 1.165) is 16.4 Å². The van der Waals surface area contributed by atoms with Crippen molar-refractivity contribution in [3.8, 4) is 0 Å². The van der Waals surface area contributed by atoms with Crippen molar-refractivity contribution in [1.82, 2.24) is 0 Å². The maximum absolute atomic E-state index is 5.10. The Labute approximate surface area is 49.0 Å². The van der Waals surface area contributed by atoms with E-state index in [0.29, 0.717) is 0 Å². The lowest BCUT2D eigenvalue weighted by molar-refractivity contribution is 0.304. The fourth-order valence-electron chi connectivity index (χ4n) is 0.516. The van der Waals surface area contributed by atoms with Crippen molar-refractivity contribution in [1.29, 1.82) is 0 Å². The summed E-state index contributed by atoms with van der Waals surface area (Å²) in [5, 5.41) is 0. The van der Waals surface area contributed by atoms with Crippen LogP contribution in [0.1, 0.15) is 12.8 Å². The first kappa shape index (κ1) is 7.24. The standard InChI is InChI=1S/C4H8OSi.B/c1-2-4-6-5-3-1;/h1-4H2;. The SMILES string of the molecule is C1CC[Si]OC1.[B]. The summed E-state index contributed by atoms with van der Waals surface area (Å²) in [5.74, 6) is 0. The van der Waals surface area contributed by atoms with E-state index in [1.54, 1.807) is 0 Å². The van der Waals surface area contributed by atoms with Gasteiger partial charge in [-0.25, -0.2) is 0 Å². The fraction of sp³-hybridized carbons (Fsp3) is 1.00. The van der Waals surface area contributed by atoms with Gasteiger partial charge < -0.3 is 4.43 Å². The molecule has 0 unspecified atom stereocenters. The second kappa shape index (κ2) is 4.40. The van der Waals surface area contributed by atoms with E-state index < -0.39 is 0 Å². The Morgan fingerprint density at radius 3 is 2.29 bits per heavy atom. The molecule has 0 aromatic carbocycles. The minimum absolute atomic E-state index is 0. The summed E-state index contributed by atoms with van der Waals surface area (Å²) in [6.45, 7) is 1.01. The number of hydrogen-bond donors (Lipinski definition) is 0. The number of rotatable bonds is 0. The predicted molar refractivity (Wildman–Crippen MR) is 31.5 cm³/mol. The third-order valence-corrected chi connectivity index (χ3v) is 1.84. The highest BCUT2D eigenvalue weighted by Crippen LogP contribution is 2.01. The van der Waals surface area contributed by atoms with Crippen LogP contribution in [0.15, 0.2) is 0 Å². The van der Waals surface area contributed by atoms with Gasteiger partial charge >= 0.3 is 0 Å². The van der Waals surface area contributed by atoms with Gasteiger partial charge in [0.15, 0.2) is 0 Å². The predicted octanol–water partition coefficient (Wildman–Crippen LogP) is 0.454. The summed E-state index contributed by atoms with van der Waals surface area (Å²) in [5.41, 5.74) is 0. The van der Waals surface area contributed by atoms with Crippen molar-refractivity contribution in [3.05, 3.63) is 0 Å². The molecular weight excluding hydrogens is 103 g/mol. The minimum atomic E-state index is 0. The molecule has 1 heterocycles. The second-order valence-corrected chi connectivity index (χ2v) is 2.53. The molecule has 0 saturated carbocycles. The molecule has 0 aliphatic carbocycles. The topological polar surface area (TPSA) is 9.23 Å². The highest BCUT2D eigenvalue weighted by molar-refractivity contribution is 6.27. The Bertz CT molecular complexity index is 27.2. The lowest BCUT2D eigenvalue weighted by Crippen LogP contribution is -2.06. The molecule has 5 radical (unpaired) electrons. The van der Waals surface area contributed by atoms with Crippen LogP contribution in [0.5, 0.6) is 0 Å². The Balaban J connectivity index is 0.000000360. The monoisotopic (exact) mass is 111 g/mol. The van der Waals surface area contributed by atoms with Crippen LogP contribution in [0.4, 0.5) is 0 Å². The first-order chi connectivity index (χ1) is 3.00. The molecular formula is C4H8BOSi. The zero-order valence-electron chi connectivity index (χ0n) is 4.31. The van der Waals surface area contributed by atoms with Gasteiger partial charge in [-0.1, -0.05) is 6.42 Å². The van der Waals surface area contributed by atoms with Gasteiger partial charge in [0.25, 0.3) is 0 Å².